The number of pyridine rings is 1. The van der Waals surface area contributed by atoms with Crippen LogP contribution in [-0.4, -0.2) is 72.8 Å². The average Bonchev–Trinajstić information content (AvgIpc) is 2.68. The van der Waals surface area contributed by atoms with Gasteiger partial charge >= 0.3 is 0 Å². The highest BCUT2D eigenvalue weighted by Gasteiger charge is 2.31. The number of hydrogen-bond donors (Lipinski definition) is 2. The molecule has 3 rings (SSSR count). The minimum absolute atomic E-state index is 0.0206. The highest BCUT2D eigenvalue weighted by atomic mass is 16.5. The quantitative estimate of drug-likeness (QED) is 0.734. The third kappa shape index (κ3) is 5.00. The van der Waals surface area contributed by atoms with Gasteiger partial charge in [0.2, 0.25) is 5.91 Å². The average molecular weight is 362 g/mol. The van der Waals surface area contributed by atoms with Gasteiger partial charge in [-0.2, -0.15) is 0 Å². The lowest BCUT2D eigenvalue weighted by Crippen LogP contribution is -2.55. The number of ether oxygens (including phenoxy) is 2. The third-order valence-electron chi connectivity index (χ3n) is 4.85. The van der Waals surface area contributed by atoms with Gasteiger partial charge in [0.05, 0.1) is 18.8 Å². The minimum atomic E-state index is -0.461. The number of carbonyl (C=O) groups excluding carboxylic acids is 2. The van der Waals surface area contributed by atoms with Gasteiger partial charge in [-0.25, -0.2) is 0 Å². The van der Waals surface area contributed by atoms with E-state index < -0.39 is 5.91 Å². The lowest BCUT2D eigenvalue weighted by atomic mass is 10.00. The predicted octanol–water partition coefficient (Wildman–Crippen LogP) is -0.0648. The predicted molar refractivity (Wildman–Crippen MR) is 94.5 cm³/mol. The van der Waals surface area contributed by atoms with Gasteiger partial charge in [0.1, 0.15) is 12.3 Å². The SMILES string of the molecule is NC(=O)CO[C@@H]1CCOC[C@@H]1NC1CCN(C(=O)c2ccccn2)CC1. The van der Waals surface area contributed by atoms with Crippen LogP contribution in [0.2, 0.25) is 0 Å². The Kier molecular flexibility index (Phi) is 6.54. The van der Waals surface area contributed by atoms with Gasteiger partial charge in [-0.1, -0.05) is 6.07 Å². The van der Waals surface area contributed by atoms with Crippen LogP contribution in [0.25, 0.3) is 0 Å². The van der Waals surface area contributed by atoms with Crippen LogP contribution in [-0.2, 0) is 14.3 Å². The first-order valence-corrected chi connectivity index (χ1v) is 9.07. The van der Waals surface area contributed by atoms with Crippen molar-refractivity contribution in [1.82, 2.24) is 15.2 Å². The summed E-state index contributed by atoms with van der Waals surface area (Å²) in [6.45, 7) is 2.48. The summed E-state index contributed by atoms with van der Waals surface area (Å²) in [6, 6.07) is 5.69. The van der Waals surface area contributed by atoms with Crippen molar-refractivity contribution in [3.05, 3.63) is 30.1 Å². The Morgan fingerprint density at radius 1 is 1.31 bits per heavy atom. The van der Waals surface area contributed by atoms with E-state index in [0.717, 1.165) is 19.3 Å². The summed E-state index contributed by atoms with van der Waals surface area (Å²) < 4.78 is 11.2. The Morgan fingerprint density at radius 2 is 2.12 bits per heavy atom. The molecule has 0 aliphatic carbocycles. The van der Waals surface area contributed by atoms with Crippen molar-refractivity contribution in [3.63, 3.8) is 0 Å². The zero-order chi connectivity index (χ0) is 18.4. The molecule has 0 bridgehead atoms. The van der Waals surface area contributed by atoms with Gasteiger partial charge < -0.3 is 25.4 Å². The van der Waals surface area contributed by atoms with Crippen molar-refractivity contribution in [3.8, 4) is 0 Å². The van der Waals surface area contributed by atoms with Gasteiger partial charge in [0.25, 0.3) is 5.91 Å². The normalized spacial score (nSPS) is 24.4. The summed E-state index contributed by atoms with van der Waals surface area (Å²) in [5.74, 6) is -0.482. The van der Waals surface area contributed by atoms with Gasteiger partial charge in [-0.15, -0.1) is 0 Å². The van der Waals surface area contributed by atoms with Crippen molar-refractivity contribution in [1.29, 1.82) is 0 Å². The van der Waals surface area contributed by atoms with E-state index in [1.165, 1.54) is 0 Å². The van der Waals surface area contributed by atoms with Crippen LogP contribution >= 0.6 is 0 Å². The van der Waals surface area contributed by atoms with Crippen LogP contribution in [0.5, 0.6) is 0 Å². The fourth-order valence-electron chi connectivity index (χ4n) is 3.47. The van der Waals surface area contributed by atoms with Crippen molar-refractivity contribution in [2.75, 3.05) is 32.9 Å². The Bertz CT molecular complexity index is 604. The number of likely N-dealkylation sites (tertiary alicyclic amines) is 1. The Balaban J connectivity index is 1.48. The van der Waals surface area contributed by atoms with E-state index in [4.69, 9.17) is 15.2 Å². The maximum absolute atomic E-state index is 12.5. The molecule has 3 N–H and O–H groups in total. The number of hydrogen-bond acceptors (Lipinski definition) is 6. The molecule has 142 valence electrons. The van der Waals surface area contributed by atoms with E-state index in [9.17, 15) is 9.59 Å². The van der Waals surface area contributed by atoms with E-state index in [2.05, 4.69) is 10.3 Å². The number of aromatic nitrogens is 1. The van der Waals surface area contributed by atoms with Gasteiger partial charge in [-0.05, 0) is 31.4 Å². The van der Waals surface area contributed by atoms with Crippen LogP contribution in [0.4, 0.5) is 0 Å². The molecule has 2 amide bonds. The van der Waals surface area contributed by atoms with Crippen molar-refractivity contribution in [2.24, 2.45) is 5.73 Å². The van der Waals surface area contributed by atoms with Crippen LogP contribution in [0.15, 0.2) is 24.4 Å². The molecule has 1 aromatic rings. The second-order valence-electron chi connectivity index (χ2n) is 6.73. The zero-order valence-corrected chi connectivity index (χ0v) is 14.8. The van der Waals surface area contributed by atoms with Crippen LogP contribution < -0.4 is 11.1 Å². The zero-order valence-electron chi connectivity index (χ0n) is 14.8. The fraction of sp³-hybridized carbons (Fsp3) is 0.611. The smallest absolute Gasteiger partial charge is 0.272 e. The standard InChI is InChI=1S/C18H26N4O4/c19-17(23)12-26-16-6-10-25-11-15(16)21-13-4-8-22(9-5-13)18(24)14-3-1-2-7-20-14/h1-3,7,13,15-16,21H,4-6,8-12H2,(H2,19,23)/t15-,16+/m0/s1. The number of nitrogens with two attached hydrogens (primary N) is 1. The highest BCUT2D eigenvalue weighted by molar-refractivity contribution is 5.92. The summed E-state index contributed by atoms with van der Waals surface area (Å²) in [6.07, 6.45) is 4.01. The summed E-state index contributed by atoms with van der Waals surface area (Å²) in [5, 5.41) is 3.58. The first-order chi connectivity index (χ1) is 12.6. The molecular formula is C18H26N4O4. The van der Waals surface area contributed by atoms with Crippen molar-refractivity contribution < 1.29 is 19.1 Å². The van der Waals surface area contributed by atoms with E-state index in [1.54, 1.807) is 18.3 Å². The Morgan fingerprint density at radius 3 is 2.81 bits per heavy atom. The highest BCUT2D eigenvalue weighted by Crippen LogP contribution is 2.17. The molecule has 3 heterocycles. The van der Waals surface area contributed by atoms with Crippen LogP contribution in [0.1, 0.15) is 29.8 Å². The van der Waals surface area contributed by atoms with E-state index in [0.29, 0.717) is 32.0 Å². The second kappa shape index (κ2) is 9.07. The number of nitrogens with one attached hydrogen (secondary N) is 1. The molecular weight excluding hydrogens is 336 g/mol. The molecule has 0 radical (unpaired) electrons. The van der Waals surface area contributed by atoms with E-state index in [1.807, 2.05) is 11.0 Å². The summed E-state index contributed by atoms with van der Waals surface area (Å²) in [4.78, 5) is 29.4. The number of piperidine rings is 1. The van der Waals surface area contributed by atoms with Crippen molar-refractivity contribution >= 4 is 11.8 Å². The molecule has 8 heteroatoms. The van der Waals surface area contributed by atoms with E-state index in [-0.39, 0.29) is 30.7 Å². The van der Waals surface area contributed by atoms with Crippen molar-refractivity contribution in [2.45, 2.75) is 37.5 Å². The number of amides is 2. The van der Waals surface area contributed by atoms with Crippen LogP contribution in [0.3, 0.4) is 0 Å². The van der Waals surface area contributed by atoms with Gasteiger partial charge in [0.15, 0.2) is 0 Å². The Hall–Kier alpha value is -2.03. The summed E-state index contributed by atoms with van der Waals surface area (Å²) in [5.41, 5.74) is 5.66. The molecule has 2 saturated heterocycles. The largest absolute Gasteiger partial charge is 0.380 e. The molecule has 0 spiro atoms. The molecule has 1 aromatic heterocycles. The molecule has 2 fully saturated rings. The van der Waals surface area contributed by atoms with E-state index >= 15 is 0 Å². The third-order valence-corrected chi connectivity index (χ3v) is 4.85. The molecule has 0 unspecified atom stereocenters. The van der Waals surface area contributed by atoms with Gasteiger partial charge in [-0.3, -0.25) is 14.6 Å². The first-order valence-electron chi connectivity index (χ1n) is 9.07. The number of rotatable bonds is 6. The lowest BCUT2D eigenvalue weighted by Gasteiger charge is -2.38. The fourth-order valence-corrected chi connectivity index (χ4v) is 3.47. The molecule has 2 aliphatic rings. The maximum Gasteiger partial charge on any atom is 0.272 e. The molecule has 0 saturated carbocycles. The van der Waals surface area contributed by atoms with Crippen LogP contribution in [0, 0.1) is 0 Å². The topological polar surface area (TPSA) is 107 Å². The van der Waals surface area contributed by atoms with Gasteiger partial charge in [0, 0.05) is 31.9 Å². The second-order valence-corrected chi connectivity index (χ2v) is 6.73. The monoisotopic (exact) mass is 362 g/mol. The minimum Gasteiger partial charge on any atom is -0.380 e. The summed E-state index contributed by atoms with van der Waals surface area (Å²) in [7, 11) is 0. The molecule has 8 nitrogen and oxygen atoms in total. The molecule has 0 aromatic carbocycles. The molecule has 26 heavy (non-hydrogen) atoms. The molecule has 2 atom stereocenters. The number of primary amides is 1. The lowest BCUT2D eigenvalue weighted by molar-refractivity contribution is -0.128. The number of carbonyl (C=O) groups is 2. The Labute approximate surface area is 153 Å². The molecule has 2 aliphatic heterocycles. The summed E-state index contributed by atoms with van der Waals surface area (Å²) >= 11 is 0. The maximum atomic E-state index is 12.5. The first kappa shape index (κ1) is 18.8. The number of nitrogens with zero attached hydrogens (tertiary/aromatic N) is 2.